The van der Waals surface area contributed by atoms with Gasteiger partial charge in [0.05, 0.1) is 29.3 Å². The fraction of sp³-hybridized carbons (Fsp3) is 0.316. The molecule has 2 aromatic heterocycles. The SMILES string of the molecule is CC1(C)CC(=O)C2=C(C1)Nc1cnccc1NC2c1ccccn1. The number of carbonyl (C=O) groups excluding carboxylic acids is 1. The molecule has 1 aliphatic heterocycles. The Hall–Kier alpha value is -2.69. The van der Waals surface area contributed by atoms with Gasteiger partial charge in [0.15, 0.2) is 5.78 Å². The minimum Gasteiger partial charge on any atom is -0.371 e. The van der Waals surface area contributed by atoms with Crippen molar-refractivity contribution in [2.75, 3.05) is 10.6 Å². The molecular weight excluding hydrogens is 300 g/mol. The van der Waals surface area contributed by atoms with Crippen molar-refractivity contribution in [1.82, 2.24) is 9.97 Å². The van der Waals surface area contributed by atoms with E-state index in [9.17, 15) is 4.79 Å². The Morgan fingerprint density at radius 1 is 1.12 bits per heavy atom. The Balaban J connectivity index is 1.89. The van der Waals surface area contributed by atoms with E-state index in [2.05, 4.69) is 34.4 Å². The standard InChI is InChI=1S/C19H20N4O/c1-19(2)9-14-17(16(24)10-19)18(13-5-3-4-7-21-13)23-12-6-8-20-11-15(12)22-14/h3-8,11,18,22-23H,9-10H2,1-2H3. The van der Waals surface area contributed by atoms with Gasteiger partial charge in [-0.05, 0) is 30.0 Å². The number of nitrogens with zero attached hydrogens (tertiary/aromatic N) is 2. The largest absolute Gasteiger partial charge is 0.371 e. The maximum atomic E-state index is 13.0. The molecule has 1 unspecified atom stereocenters. The lowest BCUT2D eigenvalue weighted by Gasteiger charge is -2.33. The van der Waals surface area contributed by atoms with E-state index in [0.717, 1.165) is 34.8 Å². The van der Waals surface area contributed by atoms with Gasteiger partial charge >= 0.3 is 0 Å². The van der Waals surface area contributed by atoms with Gasteiger partial charge in [0.25, 0.3) is 0 Å². The van der Waals surface area contributed by atoms with Crippen molar-refractivity contribution < 1.29 is 4.79 Å². The molecule has 2 aromatic rings. The molecule has 4 rings (SSSR count). The van der Waals surface area contributed by atoms with Gasteiger partial charge in [0.2, 0.25) is 0 Å². The zero-order valence-corrected chi connectivity index (χ0v) is 13.8. The van der Waals surface area contributed by atoms with Gasteiger partial charge in [-0.2, -0.15) is 0 Å². The molecular formula is C19H20N4O. The number of allylic oxidation sites excluding steroid dienone is 1. The molecule has 2 aliphatic rings. The summed E-state index contributed by atoms with van der Waals surface area (Å²) in [5, 5.41) is 6.94. The molecule has 122 valence electrons. The van der Waals surface area contributed by atoms with Crippen LogP contribution < -0.4 is 10.6 Å². The molecule has 0 fully saturated rings. The van der Waals surface area contributed by atoms with Crippen molar-refractivity contribution in [3.63, 3.8) is 0 Å². The number of carbonyl (C=O) groups is 1. The monoisotopic (exact) mass is 320 g/mol. The van der Waals surface area contributed by atoms with Gasteiger partial charge in [-0.15, -0.1) is 0 Å². The van der Waals surface area contributed by atoms with Crippen LogP contribution in [0.3, 0.4) is 0 Å². The van der Waals surface area contributed by atoms with Gasteiger partial charge in [-0.1, -0.05) is 19.9 Å². The Bertz CT molecular complexity index is 826. The van der Waals surface area contributed by atoms with Crippen LogP contribution in [0, 0.1) is 5.41 Å². The highest BCUT2D eigenvalue weighted by Gasteiger charge is 2.39. The number of aromatic nitrogens is 2. The number of fused-ring (bicyclic) bond motifs is 1. The molecule has 0 saturated heterocycles. The highest BCUT2D eigenvalue weighted by Crippen LogP contribution is 2.44. The first-order chi connectivity index (χ1) is 11.5. The van der Waals surface area contributed by atoms with Gasteiger partial charge in [0.1, 0.15) is 0 Å². The smallest absolute Gasteiger partial charge is 0.163 e. The van der Waals surface area contributed by atoms with Crippen LogP contribution in [0.2, 0.25) is 0 Å². The number of pyridine rings is 2. The first-order valence-electron chi connectivity index (χ1n) is 8.18. The van der Waals surface area contributed by atoms with E-state index in [0.29, 0.717) is 6.42 Å². The van der Waals surface area contributed by atoms with Crippen LogP contribution in [-0.2, 0) is 4.79 Å². The number of hydrogen-bond acceptors (Lipinski definition) is 5. The highest BCUT2D eigenvalue weighted by atomic mass is 16.1. The second-order valence-electron chi connectivity index (χ2n) is 7.21. The first-order valence-corrected chi connectivity index (χ1v) is 8.18. The zero-order valence-electron chi connectivity index (χ0n) is 13.8. The summed E-state index contributed by atoms with van der Waals surface area (Å²) in [7, 11) is 0. The summed E-state index contributed by atoms with van der Waals surface area (Å²) in [6.07, 6.45) is 6.68. The summed E-state index contributed by atoms with van der Waals surface area (Å²) in [5.74, 6) is 0.178. The summed E-state index contributed by atoms with van der Waals surface area (Å²) >= 11 is 0. The molecule has 0 radical (unpaired) electrons. The van der Waals surface area contributed by atoms with E-state index >= 15 is 0 Å². The van der Waals surface area contributed by atoms with E-state index in [4.69, 9.17) is 0 Å². The average molecular weight is 320 g/mol. The number of hydrogen-bond donors (Lipinski definition) is 2. The summed E-state index contributed by atoms with van der Waals surface area (Å²) in [5.41, 5.74) is 4.40. The van der Waals surface area contributed by atoms with Crippen molar-refractivity contribution >= 4 is 17.2 Å². The molecule has 5 heteroatoms. The molecule has 2 N–H and O–H groups in total. The van der Waals surface area contributed by atoms with Crippen LogP contribution in [0.1, 0.15) is 38.4 Å². The quantitative estimate of drug-likeness (QED) is 0.838. The molecule has 0 bridgehead atoms. The van der Waals surface area contributed by atoms with Gasteiger partial charge in [0, 0.05) is 30.1 Å². The minimum absolute atomic E-state index is 0.0513. The second kappa shape index (κ2) is 5.44. The lowest BCUT2D eigenvalue weighted by molar-refractivity contribution is -0.118. The molecule has 3 heterocycles. The van der Waals surface area contributed by atoms with Crippen molar-refractivity contribution in [3.05, 3.63) is 59.8 Å². The van der Waals surface area contributed by atoms with Crippen molar-refractivity contribution in [3.8, 4) is 0 Å². The summed E-state index contributed by atoms with van der Waals surface area (Å²) in [4.78, 5) is 21.6. The summed E-state index contributed by atoms with van der Waals surface area (Å²) < 4.78 is 0. The normalized spacial score (nSPS) is 21.9. The van der Waals surface area contributed by atoms with E-state index < -0.39 is 0 Å². The van der Waals surface area contributed by atoms with Crippen LogP contribution in [0.15, 0.2) is 54.1 Å². The Labute approximate surface area is 141 Å². The van der Waals surface area contributed by atoms with E-state index in [1.165, 1.54) is 0 Å². The molecule has 1 aliphatic carbocycles. The summed E-state index contributed by atoms with van der Waals surface area (Å²) in [6, 6.07) is 7.47. The Morgan fingerprint density at radius 2 is 2.00 bits per heavy atom. The third-order valence-corrected chi connectivity index (χ3v) is 4.60. The molecule has 5 nitrogen and oxygen atoms in total. The Kier molecular flexibility index (Phi) is 3.37. The molecule has 0 aromatic carbocycles. The van der Waals surface area contributed by atoms with Gasteiger partial charge in [-0.25, -0.2) is 0 Å². The van der Waals surface area contributed by atoms with Gasteiger partial charge in [-0.3, -0.25) is 14.8 Å². The van der Waals surface area contributed by atoms with Crippen molar-refractivity contribution in [1.29, 1.82) is 0 Å². The Morgan fingerprint density at radius 3 is 2.79 bits per heavy atom. The maximum absolute atomic E-state index is 13.0. The lowest BCUT2D eigenvalue weighted by Crippen LogP contribution is -2.31. The first kappa shape index (κ1) is 14.9. The van der Waals surface area contributed by atoms with Gasteiger partial charge < -0.3 is 10.6 Å². The van der Waals surface area contributed by atoms with E-state index in [1.54, 1.807) is 18.6 Å². The van der Waals surface area contributed by atoms with E-state index in [-0.39, 0.29) is 17.2 Å². The maximum Gasteiger partial charge on any atom is 0.163 e. The van der Waals surface area contributed by atoms with Crippen LogP contribution >= 0.6 is 0 Å². The minimum atomic E-state index is -0.249. The van der Waals surface area contributed by atoms with Crippen LogP contribution in [0.25, 0.3) is 0 Å². The fourth-order valence-electron chi connectivity index (χ4n) is 3.56. The predicted octanol–water partition coefficient (Wildman–Crippen LogP) is 3.70. The third kappa shape index (κ3) is 2.56. The fourth-order valence-corrected chi connectivity index (χ4v) is 3.56. The third-order valence-electron chi connectivity index (χ3n) is 4.60. The number of Topliss-reactive ketones (excluding diaryl/α,β-unsaturated/α-hetero) is 1. The molecule has 24 heavy (non-hydrogen) atoms. The van der Waals surface area contributed by atoms with E-state index in [1.807, 2.05) is 24.3 Å². The number of anilines is 2. The van der Waals surface area contributed by atoms with Crippen molar-refractivity contribution in [2.45, 2.75) is 32.7 Å². The van der Waals surface area contributed by atoms with Crippen LogP contribution in [0.5, 0.6) is 0 Å². The lowest BCUT2D eigenvalue weighted by atomic mass is 9.74. The second-order valence-corrected chi connectivity index (χ2v) is 7.21. The number of nitrogens with one attached hydrogen (secondary N) is 2. The molecule has 1 atom stereocenters. The predicted molar refractivity (Wildman–Crippen MR) is 93.5 cm³/mol. The molecule has 0 saturated carbocycles. The van der Waals surface area contributed by atoms with Crippen LogP contribution in [0.4, 0.5) is 11.4 Å². The van der Waals surface area contributed by atoms with Crippen molar-refractivity contribution in [2.24, 2.45) is 5.41 Å². The zero-order chi connectivity index (χ0) is 16.7. The topological polar surface area (TPSA) is 66.9 Å². The molecule has 0 amide bonds. The highest BCUT2D eigenvalue weighted by molar-refractivity contribution is 6.00. The molecule has 0 spiro atoms. The van der Waals surface area contributed by atoms with Crippen LogP contribution in [-0.4, -0.2) is 15.8 Å². The average Bonchev–Trinajstić information content (AvgIpc) is 2.70. The summed E-state index contributed by atoms with van der Waals surface area (Å²) in [6.45, 7) is 4.27. The number of rotatable bonds is 1. The number of ketones is 1.